The Bertz CT molecular complexity index is 1110. The van der Waals surface area contributed by atoms with E-state index in [0.717, 1.165) is 5.56 Å². The predicted molar refractivity (Wildman–Crippen MR) is 107 cm³/mol. The van der Waals surface area contributed by atoms with Crippen molar-refractivity contribution in [3.63, 3.8) is 0 Å². The number of nitrogens with zero attached hydrogens (tertiary/aromatic N) is 3. The van der Waals surface area contributed by atoms with E-state index in [1.165, 1.54) is 0 Å². The van der Waals surface area contributed by atoms with E-state index in [2.05, 4.69) is 15.5 Å². The van der Waals surface area contributed by atoms with Gasteiger partial charge < -0.3 is 24.2 Å². The van der Waals surface area contributed by atoms with E-state index in [0.29, 0.717) is 48.3 Å². The fraction of sp³-hybridized carbons (Fsp3) is 0.273. The van der Waals surface area contributed by atoms with E-state index in [1.54, 1.807) is 29.2 Å². The lowest BCUT2D eigenvalue weighted by Crippen LogP contribution is -2.24. The summed E-state index contributed by atoms with van der Waals surface area (Å²) in [5.74, 6) is 1.86. The van der Waals surface area contributed by atoms with Crippen LogP contribution >= 0.6 is 0 Å². The number of hydrogen-bond acceptors (Lipinski definition) is 7. The molecule has 2 aliphatic rings. The van der Waals surface area contributed by atoms with Crippen LogP contribution in [0.15, 0.2) is 53.1 Å². The molecule has 9 nitrogen and oxygen atoms in total. The molecule has 1 saturated heterocycles. The summed E-state index contributed by atoms with van der Waals surface area (Å²) in [7, 11) is 0. The van der Waals surface area contributed by atoms with E-state index in [4.69, 9.17) is 14.0 Å². The standard InChI is InChI=1S/C22H20N4O5/c27-20-9-16(12-26(20)11-14-6-7-17-18(8-14)30-13-29-17)21-24-19(31-25-21)10-23-22(28)15-4-2-1-3-5-15/h1-8,16H,9-13H2,(H,23,28). The molecular formula is C22H20N4O5. The van der Waals surface area contributed by atoms with E-state index >= 15 is 0 Å². The quantitative estimate of drug-likeness (QED) is 0.652. The van der Waals surface area contributed by atoms with Gasteiger partial charge in [0.05, 0.1) is 6.54 Å². The molecule has 1 aromatic heterocycles. The van der Waals surface area contributed by atoms with E-state index in [9.17, 15) is 9.59 Å². The highest BCUT2D eigenvalue weighted by Gasteiger charge is 2.34. The van der Waals surface area contributed by atoms with Crippen molar-refractivity contribution in [1.29, 1.82) is 0 Å². The second-order valence-corrected chi connectivity index (χ2v) is 7.46. The normalized spacial score (nSPS) is 17.2. The van der Waals surface area contributed by atoms with Crippen LogP contribution in [-0.4, -0.2) is 40.2 Å². The van der Waals surface area contributed by atoms with Gasteiger partial charge >= 0.3 is 0 Å². The Kier molecular flexibility index (Phi) is 4.99. The second kappa shape index (κ2) is 8.10. The number of aromatic nitrogens is 2. The van der Waals surface area contributed by atoms with Crippen molar-refractivity contribution in [1.82, 2.24) is 20.4 Å². The zero-order valence-electron chi connectivity index (χ0n) is 16.6. The van der Waals surface area contributed by atoms with Crippen LogP contribution in [0.25, 0.3) is 0 Å². The third kappa shape index (κ3) is 4.07. The minimum Gasteiger partial charge on any atom is -0.454 e. The van der Waals surface area contributed by atoms with Crippen LogP contribution in [0, 0.1) is 0 Å². The summed E-state index contributed by atoms with van der Waals surface area (Å²) in [6.07, 6.45) is 0.319. The Balaban J connectivity index is 1.18. The third-order valence-corrected chi connectivity index (χ3v) is 5.31. The van der Waals surface area contributed by atoms with Gasteiger partial charge in [-0.05, 0) is 29.8 Å². The zero-order chi connectivity index (χ0) is 21.2. The highest BCUT2D eigenvalue weighted by Crippen LogP contribution is 2.34. The summed E-state index contributed by atoms with van der Waals surface area (Å²) in [5.41, 5.74) is 1.53. The summed E-state index contributed by atoms with van der Waals surface area (Å²) in [6, 6.07) is 14.6. The molecular weight excluding hydrogens is 400 g/mol. The minimum atomic E-state index is -0.216. The summed E-state index contributed by atoms with van der Waals surface area (Å²) in [5, 5.41) is 6.77. The molecule has 0 saturated carbocycles. The van der Waals surface area contributed by atoms with Crippen molar-refractivity contribution in [3.05, 3.63) is 71.4 Å². The minimum absolute atomic E-state index is 0.0337. The molecule has 1 fully saturated rings. The van der Waals surface area contributed by atoms with Gasteiger partial charge in [0.15, 0.2) is 17.3 Å². The maximum absolute atomic E-state index is 12.5. The Morgan fingerprint density at radius 3 is 2.84 bits per heavy atom. The van der Waals surface area contributed by atoms with Gasteiger partial charge in [0.1, 0.15) is 0 Å². The smallest absolute Gasteiger partial charge is 0.251 e. The molecule has 2 aromatic carbocycles. The number of rotatable bonds is 6. The molecule has 2 amide bonds. The summed E-state index contributed by atoms with van der Waals surface area (Å²) < 4.78 is 16.0. The van der Waals surface area contributed by atoms with Crippen LogP contribution < -0.4 is 14.8 Å². The van der Waals surface area contributed by atoms with Crippen LogP contribution in [-0.2, 0) is 17.9 Å². The molecule has 158 valence electrons. The number of likely N-dealkylation sites (tertiary alicyclic amines) is 1. The number of benzene rings is 2. The fourth-order valence-electron chi connectivity index (χ4n) is 3.71. The van der Waals surface area contributed by atoms with Crippen LogP contribution in [0.5, 0.6) is 11.5 Å². The molecule has 0 bridgehead atoms. The Morgan fingerprint density at radius 2 is 1.97 bits per heavy atom. The molecule has 5 rings (SSSR count). The first-order valence-corrected chi connectivity index (χ1v) is 9.98. The third-order valence-electron chi connectivity index (χ3n) is 5.31. The monoisotopic (exact) mass is 420 g/mol. The molecule has 0 spiro atoms. The van der Waals surface area contributed by atoms with E-state index < -0.39 is 0 Å². The van der Waals surface area contributed by atoms with Crippen molar-refractivity contribution in [2.24, 2.45) is 0 Å². The van der Waals surface area contributed by atoms with Gasteiger partial charge in [-0.2, -0.15) is 4.98 Å². The van der Waals surface area contributed by atoms with Gasteiger partial charge in [-0.15, -0.1) is 0 Å². The first kappa shape index (κ1) is 19.1. The summed E-state index contributed by atoms with van der Waals surface area (Å²) >= 11 is 0. The Labute approximate surface area is 177 Å². The highest BCUT2D eigenvalue weighted by atomic mass is 16.7. The lowest BCUT2D eigenvalue weighted by molar-refractivity contribution is -0.128. The molecule has 1 N–H and O–H groups in total. The molecule has 3 heterocycles. The lowest BCUT2D eigenvalue weighted by Gasteiger charge is -2.16. The number of amides is 2. The van der Waals surface area contributed by atoms with Gasteiger partial charge in [0.25, 0.3) is 5.91 Å². The molecule has 1 atom stereocenters. The number of carbonyl (C=O) groups is 2. The molecule has 3 aromatic rings. The summed E-state index contributed by atoms with van der Waals surface area (Å²) in [4.78, 5) is 30.8. The number of hydrogen-bond donors (Lipinski definition) is 1. The second-order valence-electron chi connectivity index (χ2n) is 7.46. The Morgan fingerprint density at radius 1 is 1.13 bits per heavy atom. The number of nitrogens with one attached hydrogen (secondary N) is 1. The first-order chi connectivity index (χ1) is 15.2. The average Bonchev–Trinajstić information content (AvgIpc) is 3.53. The van der Waals surface area contributed by atoms with Gasteiger partial charge in [-0.25, -0.2) is 0 Å². The van der Waals surface area contributed by atoms with Crippen molar-refractivity contribution in [2.45, 2.75) is 25.4 Å². The van der Waals surface area contributed by atoms with Crippen LogP contribution in [0.1, 0.15) is 40.0 Å². The van der Waals surface area contributed by atoms with Crippen molar-refractivity contribution >= 4 is 11.8 Å². The fourth-order valence-corrected chi connectivity index (χ4v) is 3.71. The Hall–Kier alpha value is -3.88. The van der Waals surface area contributed by atoms with Gasteiger partial charge in [-0.1, -0.05) is 29.4 Å². The lowest BCUT2D eigenvalue weighted by atomic mass is 10.1. The maximum atomic E-state index is 12.5. The molecule has 2 aliphatic heterocycles. The number of fused-ring (bicyclic) bond motifs is 1. The number of ether oxygens (including phenoxy) is 2. The molecule has 1 unspecified atom stereocenters. The zero-order valence-corrected chi connectivity index (χ0v) is 16.6. The highest BCUT2D eigenvalue weighted by molar-refractivity contribution is 5.93. The number of carbonyl (C=O) groups excluding carboxylic acids is 2. The molecule has 0 aliphatic carbocycles. The van der Waals surface area contributed by atoms with Crippen molar-refractivity contribution in [2.75, 3.05) is 13.3 Å². The van der Waals surface area contributed by atoms with Crippen molar-refractivity contribution in [3.8, 4) is 11.5 Å². The van der Waals surface area contributed by atoms with Crippen LogP contribution in [0.3, 0.4) is 0 Å². The average molecular weight is 420 g/mol. The van der Waals surface area contributed by atoms with Crippen molar-refractivity contribution < 1.29 is 23.6 Å². The summed E-state index contributed by atoms with van der Waals surface area (Å²) in [6.45, 7) is 1.32. The van der Waals surface area contributed by atoms with E-state index in [1.807, 2.05) is 24.3 Å². The topological polar surface area (TPSA) is 107 Å². The SMILES string of the molecule is O=C(NCc1nc(C2CC(=O)N(Cc3ccc4c(c3)OCO4)C2)no1)c1ccccc1. The van der Waals surface area contributed by atoms with Crippen LogP contribution in [0.2, 0.25) is 0 Å². The van der Waals surface area contributed by atoms with Gasteiger partial charge in [-0.3, -0.25) is 9.59 Å². The van der Waals surface area contributed by atoms with Gasteiger partial charge in [0, 0.05) is 31.0 Å². The molecule has 0 radical (unpaired) electrons. The first-order valence-electron chi connectivity index (χ1n) is 9.98. The van der Waals surface area contributed by atoms with Gasteiger partial charge in [0.2, 0.25) is 18.6 Å². The largest absolute Gasteiger partial charge is 0.454 e. The van der Waals surface area contributed by atoms with Crippen LogP contribution in [0.4, 0.5) is 0 Å². The maximum Gasteiger partial charge on any atom is 0.251 e. The van der Waals surface area contributed by atoms with E-state index in [-0.39, 0.29) is 31.1 Å². The molecule has 31 heavy (non-hydrogen) atoms. The molecule has 9 heteroatoms. The predicted octanol–water partition coefficient (Wildman–Crippen LogP) is 2.24.